The van der Waals surface area contributed by atoms with Crippen molar-refractivity contribution in [2.24, 2.45) is 0 Å². The SMILES string of the molecule is O=C(SC1CCCCC1Cl)SC1CCCCC1Cl. The van der Waals surface area contributed by atoms with Gasteiger partial charge in [0.25, 0.3) is 0 Å². The van der Waals surface area contributed by atoms with Crippen molar-refractivity contribution in [1.82, 2.24) is 0 Å². The largest absolute Gasteiger partial charge is 0.274 e. The van der Waals surface area contributed by atoms with Crippen LogP contribution in [0.15, 0.2) is 0 Å². The van der Waals surface area contributed by atoms with Crippen molar-refractivity contribution < 1.29 is 4.79 Å². The molecule has 2 rings (SSSR count). The number of carbonyl (C=O) groups excluding carboxylic acids is 1. The van der Waals surface area contributed by atoms with E-state index in [1.807, 2.05) is 0 Å². The first kappa shape index (κ1) is 15.3. The van der Waals surface area contributed by atoms with E-state index in [0.717, 1.165) is 25.7 Å². The summed E-state index contributed by atoms with van der Waals surface area (Å²) in [4.78, 5) is 12.1. The molecule has 0 heterocycles. The van der Waals surface area contributed by atoms with E-state index >= 15 is 0 Å². The molecule has 2 aliphatic carbocycles. The number of hydrogen-bond donors (Lipinski definition) is 0. The van der Waals surface area contributed by atoms with Crippen LogP contribution in [0.5, 0.6) is 0 Å². The maximum Gasteiger partial charge on any atom is 0.246 e. The highest BCUT2D eigenvalue weighted by molar-refractivity contribution is 8.39. The summed E-state index contributed by atoms with van der Waals surface area (Å²) < 4.78 is 0.227. The zero-order chi connectivity index (χ0) is 13.0. The molecule has 0 bridgehead atoms. The Labute approximate surface area is 128 Å². The van der Waals surface area contributed by atoms with Crippen LogP contribution < -0.4 is 0 Å². The normalized spacial score (nSPS) is 37.4. The van der Waals surface area contributed by atoms with Crippen LogP contribution in [0, 0.1) is 0 Å². The van der Waals surface area contributed by atoms with Gasteiger partial charge in [-0.2, -0.15) is 0 Å². The lowest BCUT2D eigenvalue weighted by Gasteiger charge is -2.28. The Morgan fingerprint density at radius 1 is 0.778 bits per heavy atom. The zero-order valence-corrected chi connectivity index (χ0v) is 13.6. The molecule has 0 amide bonds. The van der Waals surface area contributed by atoms with Gasteiger partial charge >= 0.3 is 0 Å². The molecule has 0 aromatic rings. The lowest BCUT2D eigenvalue weighted by atomic mass is 10.00. The number of carbonyl (C=O) groups is 1. The van der Waals surface area contributed by atoms with Gasteiger partial charge in [0.15, 0.2) is 0 Å². The minimum Gasteiger partial charge on any atom is -0.274 e. The first-order valence-electron chi connectivity index (χ1n) is 6.82. The monoisotopic (exact) mass is 326 g/mol. The third-order valence-corrected chi connectivity index (χ3v) is 7.78. The van der Waals surface area contributed by atoms with Crippen molar-refractivity contribution >= 4 is 51.2 Å². The van der Waals surface area contributed by atoms with Crippen molar-refractivity contribution in [3.05, 3.63) is 0 Å². The fourth-order valence-electron chi connectivity index (χ4n) is 2.64. The lowest BCUT2D eigenvalue weighted by Crippen LogP contribution is -2.25. The summed E-state index contributed by atoms with van der Waals surface area (Å²) in [6, 6.07) is 0. The number of hydrogen-bond acceptors (Lipinski definition) is 3. The van der Waals surface area contributed by atoms with E-state index in [-0.39, 0.29) is 15.2 Å². The van der Waals surface area contributed by atoms with Crippen molar-refractivity contribution in [1.29, 1.82) is 0 Å². The van der Waals surface area contributed by atoms with Crippen LogP contribution in [-0.2, 0) is 0 Å². The summed E-state index contributed by atoms with van der Waals surface area (Å²) in [5, 5.41) is 0.980. The first-order chi connectivity index (χ1) is 8.66. The summed E-state index contributed by atoms with van der Waals surface area (Å²) >= 11 is 15.5. The number of alkyl halides is 2. The molecular weight excluding hydrogens is 307 g/mol. The Kier molecular flexibility index (Phi) is 6.53. The van der Waals surface area contributed by atoms with Crippen LogP contribution in [0.3, 0.4) is 0 Å². The summed E-state index contributed by atoms with van der Waals surface area (Å²) in [5.41, 5.74) is 0. The number of halogens is 2. The summed E-state index contributed by atoms with van der Waals surface area (Å²) in [7, 11) is 0. The van der Waals surface area contributed by atoms with Crippen LogP contribution in [0.1, 0.15) is 51.4 Å². The molecule has 18 heavy (non-hydrogen) atoms. The van der Waals surface area contributed by atoms with Crippen molar-refractivity contribution in [2.45, 2.75) is 72.6 Å². The second-order valence-electron chi connectivity index (χ2n) is 5.16. The highest BCUT2D eigenvalue weighted by atomic mass is 35.5. The molecular formula is C13H20Cl2OS2. The van der Waals surface area contributed by atoms with Crippen LogP contribution in [-0.4, -0.2) is 25.7 Å². The Balaban J connectivity index is 1.77. The summed E-state index contributed by atoms with van der Waals surface area (Å²) in [5.74, 6) is 0. The third kappa shape index (κ3) is 4.50. The van der Waals surface area contributed by atoms with E-state index in [2.05, 4.69) is 0 Å². The van der Waals surface area contributed by atoms with Crippen LogP contribution >= 0.6 is 46.7 Å². The summed E-state index contributed by atoms with van der Waals surface area (Å²) in [6.07, 6.45) is 9.11. The minimum absolute atomic E-state index is 0.173. The second kappa shape index (κ2) is 7.66. The van der Waals surface area contributed by atoms with Gasteiger partial charge in [0.05, 0.1) is 0 Å². The predicted molar refractivity (Wildman–Crippen MR) is 84.4 cm³/mol. The molecule has 0 spiro atoms. The van der Waals surface area contributed by atoms with Crippen LogP contribution in [0.25, 0.3) is 0 Å². The molecule has 4 atom stereocenters. The van der Waals surface area contributed by atoms with Gasteiger partial charge in [0.2, 0.25) is 4.45 Å². The fourth-order valence-corrected chi connectivity index (χ4v) is 6.11. The van der Waals surface area contributed by atoms with E-state index in [9.17, 15) is 4.79 Å². The molecule has 0 aromatic carbocycles. The van der Waals surface area contributed by atoms with Crippen LogP contribution in [0.2, 0.25) is 0 Å². The molecule has 2 aliphatic rings. The average Bonchev–Trinajstić information content (AvgIpc) is 2.35. The quantitative estimate of drug-likeness (QED) is 0.608. The maximum atomic E-state index is 12.1. The van der Waals surface area contributed by atoms with Gasteiger partial charge in [0, 0.05) is 21.3 Å². The standard InChI is InChI=1S/C13H20Cl2OS2/c14-9-5-1-3-7-11(9)17-13(16)18-12-8-4-2-6-10(12)15/h9-12H,1-8H2. The zero-order valence-electron chi connectivity index (χ0n) is 10.4. The summed E-state index contributed by atoms with van der Waals surface area (Å²) in [6.45, 7) is 0. The molecule has 0 aliphatic heterocycles. The molecule has 2 saturated carbocycles. The van der Waals surface area contributed by atoms with Crippen molar-refractivity contribution in [3.8, 4) is 0 Å². The smallest absolute Gasteiger partial charge is 0.246 e. The Hall–Kier alpha value is 0.950. The van der Waals surface area contributed by atoms with Gasteiger partial charge in [-0.3, -0.25) is 4.79 Å². The topological polar surface area (TPSA) is 17.1 Å². The van der Waals surface area contributed by atoms with E-state index in [1.165, 1.54) is 49.2 Å². The van der Waals surface area contributed by atoms with E-state index < -0.39 is 0 Å². The van der Waals surface area contributed by atoms with Crippen molar-refractivity contribution in [2.75, 3.05) is 0 Å². The number of rotatable bonds is 2. The maximum absolute atomic E-state index is 12.1. The third-order valence-electron chi connectivity index (χ3n) is 3.74. The molecule has 0 radical (unpaired) electrons. The Morgan fingerprint density at radius 2 is 1.17 bits per heavy atom. The minimum atomic E-state index is 0.173. The van der Waals surface area contributed by atoms with Gasteiger partial charge in [-0.25, -0.2) is 0 Å². The second-order valence-corrected chi connectivity index (χ2v) is 8.97. The highest BCUT2D eigenvalue weighted by Gasteiger charge is 2.30. The average molecular weight is 327 g/mol. The molecule has 5 heteroatoms. The van der Waals surface area contributed by atoms with Gasteiger partial charge in [-0.15, -0.1) is 23.2 Å². The molecule has 0 N–H and O–H groups in total. The van der Waals surface area contributed by atoms with E-state index in [4.69, 9.17) is 23.2 Å². The fraction of sp³-hybridized carbons (Fsp3) is 0.923. The Morgan fingerprint density at radius 3 is 1.56 bits per heavy atom. The molecule has 2 fully saturated rings. The number of thioether (sulfide) groups is 2. The van der Waals surface area contributed by atoms with E-state index in [0.29, 0.717) is 10.5 Å². The van der Waals surface area contributed by atoms with Crippen LogP contribution in [0.4, 0.5) is 4.79 Å². The first-order valence-corrected chi connectivity index (χ1v) is 9.45. The van der Waals surface area contributed by atoms with Gasteiger partial charge in [0.1, 0.15) is 0 Å². The van der Waals surface area contributed by atoms with Gasteiger partial charge in [-0.05, 0) is 25.7 Å². The van der Waals surface area contributed by atoms with E-state index in [1.54, 1.807) is 0 Å². The molecule has 0 saturated heterocycles. The molecule has 104 valence electrons. The predicted octanol–water partition coefficient (Wildman–Crippen LogP) is 5.67. The van der Waals surface area contributed by atoms with Gasteiger partial charge in [-0.1, -0.05) is 49.2 Å². The molecule has 1 nitrogen and oxygen atoms in total. The lowest BCUT2D eigenvalue weighted by molar-refractivity contribution is 0.276. The Bertz CT molecular complexity index is 262. The highest BCUT2D eigenvalue weighted by Crippen LogP contribution is 2.39. The van der Waals surface area contributed by atoms with Crippen molar-refractivity contribution in [3.63, 3.8) is 0 Å². The molecule has 0 aromatic heterocycles. The molecule has 4 unspecified atom stereocenters. The van der Waals surface area contributed by atoms with Gasteiger partial charge < -0.3 is 0 Å².